The van der Waals surface area contributed by atoms with Gasteiger partial charge < -0.3 is 10.6 Å². The zero-order valence-corrected chi connectivity index (χ0v) is 12.8. The van der Waals surface area contributed by atoms with Crippen molar-refractivity contribution >= 4 is 5.91 Å². The summed E-state index contributed by atoms with van der Waals surface area (Å²) in [7, 11) is 0. The molecule has 1 aliphatic carbocycles. The Hall–Kier alpha value is -0.830. The molecule has 0 saturated heterocycles. The first-order chi connectivity index (χ1) is 8.75. The van der Waals surface area contributed by atoms with Crippen LogP contribution >= 0.6 is 0 Å². The standard InChI is InChI=1S/C16H28N2O/c1-15(2,3)12-7-10-18(11-8-12)14(19)16(4)9-5-6-13(16)17/h7,13H,5-6,8-11,17H2,1-4H3. The van der Waals surface area contributed by atoms with Crippen molar-refractivity contribution in [3.63, 3.8) is 0 Å². The number of hydrogen-bond acceptors (Lipinski definition) is 2. The second-order valence-corrected chi connectivity index (χ2v) is 7.40. The van der Waals surface area contributed by atoms with Gasteiger partial charge in [0.25, 0.3) is 0 Å². The quantitative estimate of drug-likeness (QED) is 0.740. The van der Waals surface area contributed by atoms with Crippen LogP contribution in [-0.4, -0.2) is 29.9 Å². The monoisotopic (exact) mass is 264 g/mol. The van der Waals surface area contributed by atoms with E-state index in [0.717, 1.165) is 38.8 Å². The summed E-state index contributed by atoms with van der Waals surface area (Å²) in [6.45, 7) is 10.4. The normalized spacial score (nSPS) is 32.4. The fourth-order valence-corrected chi connectivity index (χ4v) is 3.35. The molecular weight excluding hydrogens is 236 g/mol. The molecule has 0 aromatic carbocycles. The highest BCUT2D eigenvalue weighted by Crippen LogP contribution is 2.39. The third-order valence-electron chi connectivity index (χ3n) is 4.98. The third-order valence-corrected chi connectivity index (χ3v) is 4.98. The molecule has 2 N–H and O–H groups in total. The Bertz CT molecular complexity index is 394. The van der Waals surface area contributed by atoms with Gasteiger partial charge in [0.15, 0.2) is 0 Å². The molecule has 1 saturated carbocycles. The van der Waals surface area contributed by atoms with Crippen LogP contribution < -0.4 is 5.73 Å². The van der Waals surface area contributed by atoms with Gasteiger partial charge in [0.05, 0.1) is 5.41 Å². The van der Waals surface area contributed by atoms with E-state index in [1.165, 1.54) is 5.57 Å². The van der Waals surface area contributed by atoms with E-state index in [1.807, 2.05) is 4.90 Å². The lowest BCUT2D eigenvalue weighted by Crippen LogP contribution is -2.50. The molecule has 3 heteroatoms. The Labute approximate surface area is 117 Å². The largest absolute Gasteiger partial charge is 0.338 e. The van der Waals surface area contributed by atoms with Crippen LogP contribution in [0.1, 0.15) is 53.4 Å². The summed E-state index contributed by atoms with van der Waals surface area (Å²) in [5.41, 5.74) is 7.52. The Balaban J connectivity index is 2.06. The lowest BCUT2D eigenvalue weighted by atomic mass is 9.81. The molecule has 1 heterocycles. The summed E-state index contributed by atoms with van der Waals surface area (Å²) in [5, 5.41) is 0. The minimum Gasteiger partial charge on any atom is -0.338 e. The summed E-state index contributed by atoms with van der Waals surface area (Å²) in [6.07, 6.45) is 6.25. The maximum atomic E-state index is 12.7. The number of hydrogen-bond donors (Lipinski definition) is 1. The fraction of sp³-hybridized carbons (Fsp3) is 0.812. The van der Waals surface area contributed by atoms with Gasteiger partial charge in [0.2, 0.25) is 5.91 Å². The van der Waals surface area contributed by atoms with Gasteiger partial charge in [-0.25, -0.2) is 0 Å². The molecule has 2 atom stereocenters. The van der Waals surface area contributed by atoms with Crippen molar-refractivity contribution in [2.24, 2.45) is 16.6 Å². The Kier molecular flexibility index (Phi) is 3.78. The first kappa shape index (κ1) is 14.6. The Morgan fingerprint density at radius 1 is 1.47 bits per heavy atom. The molecule has 0 aromatic heterocycles. The van der Waals surface area contributed by atoms with E-state index >= 15 is 0 Å². The predicted molar refractivity (Wildman–Crippen MR) is 78.7 cm³/mol. The second kappa shape index (κ2) is 4.93. The first-order valence-corrected chi connectivity index (χ1v) is 7.49. The van der Waals surface area contributed by atoms with Gasteiger partial charge in [-0.05, 0) is 31.6 Å². The van der Waals surface area contributed by atoms with Gasteiger partial charge in [-0.15, -0.1) is 0 Å². The van der Waals surface area contributed by atoms with Crippen molar-refractivity contribution in [1.82, 2.24) is 4.90 Å². The summed E-state index contributed by atoms with van der Waals surface area (Å²) in [5.74, 6) is 0.265. The van der Waals surface area contributed by atoms with Crippen molar-refractivity contribution in [2.75, 3.05) is 13.1 Å². The Morgan fingerprint density at radius 3 is 2.58 bits per heavy atom. The number of amides is 1. The highest BCUT2D eigenvalue weighted by Gasteiger charge is 2.45. The van der Waals surface area contributed by atoms with Crippen LogP contribution in [0.3, 0.4) is 0 Å². The molecule has 1 amide bonds. The maximum Gasteiger partial charge on any atom is 0.230 e. The topological polar surface area (TPSA) is 46.3 Å². The van der Waals surface area contributed by atoms with E-state index in [1.54, 1.807) is 0 Å². The van der Waals surface area contributed by atoms with Gasteiger partial charge in [-0.3, -0.25) is 4.79 Å². The molecule has 1 fully saturated rings. The molecular formula is C16H28N2O. The zero-order chi connectivity index (χ0) is 14.3. The maximum absolute atomic E-state index is 12.7. The predicted octanol–water partition coefficient (Wildman–Crippen LogP) is 2.71. The molecule has 3 nitrogen and oxygen atoms in total. The first-order valence-electron chi connectivity index (χ1n) is 7.49. The van der Waals surface area contributed by atoms with E-state index in [0.29, 0.717) is 0 Å². The summed E-state index contributed by atoms with van der Waals surface area (Å²) in [6, 6.07) is 0.0352. The molecule has 0 spiro atoms. The van der Waals surface area contributed by atoms with Gasteiger partial charge in [-0.2, -0.15) is 0 Å². The highest BCUT2D eigenvalue weighted by molar-refractivity contribution is 5.84. The van der Waals surface area contributed by atoms with Crippen LogP contribution in [0.5, 0.6) is 0 Å². The van der Waals surface area contributed by atoms with E-state index in [4.69, 9.17) is 5.73 Å². The van der Waals surface area contributed by atoms with Gasteiger partial charge in [0.1, 0.15) is 0 Å². The number of nitrogens with two attached hydrogens (primary N) is 1. The van der Waals surface area contributed by atoms with Gasteiger partial charge >= 0.3 is 0 Å². The van der Waals surface area contributed by atoms with Crippen LogP contribution in [0.15, 0.2) is 11.6 Å². The van der Waals surface area contributed by atoms with Crippen LogP contribution in [0.2, 0.25) is 0 Å². The SMILES string of the molecule is CC(C)(C)C1=CCN(C(=O)C2(C)CCCC2N)CC1. The van der Waals surface area contributed by atoms with Crippen molar-refractivity contribution in [3.8, 4) is 0 Å². The van der Waals surface area contributed by atoms with Gasteiger partial charge in [-0.1, -0.05) is 38.8 Å². The molecule has 19 heavy (non-hydrogen) atoms. The molecule has 2 rings (SSSR count). The van der Waals surface area contributed by atoms with Crippen LogP contribution in [-0.2, 0) is 4.79 Å². The van der Waals surface area contributed by atoms with Crippen molar-refractivity contribution in [2.45, 2.75) is 59.4 Å². The number of rotatable bonds is 1. The molecule has 0 bridgehead atoms. The minimum absolute atomic E-state index is 0.0352. The Morgan fingerprint density at radius 2 is 2.16 bits per heavy atom. The van der Waals surface area contributed by atoms with E-state index < -0.39 is 0 Å². The van der Waals surface area contributed by atoms with Crippen LogP contribution in [0.25, 0.3) is 0 Å². The van der Waals surface area contributed by atoms with Crippen LogP contribution in [0, 0.1) is 10.8 Å². The minimum atomic E-state index is -0.326. The summed E-state index contributed by atoms with van der Waals surface area (Å²) in [4.78, 5) is 14.7. The van der Waals surface area contributed by atoms with Crippen molar-refractivity contribution < 1.29 is 4.79 Å². The molecule has 1 aliphatic heterocycles. The average molecular weight is 264 g/mol. The number of carbonyl (C=O) groups excluding carboxylic acids is 1. The third kappa shape index (κ3) is 2.71. The van der Waals surface area contributed by atoms with E-state index in [2.05, 4.69) is 33.8 Å². The molecule has 2 aliphatic rings. The molecule has 108 valence electrons. The lowest BCUT2D eigenvalue weighted by molar-refractivity contribution is -0.141. The number of carbonyl (C=O) groups is 1. The average Bonchev–Trinajstić information content (AvgIpc) is 2.69. The van der Waals surface area contributed by atoms with E-state index in [-0.39, 0.29) is 22.8 Å². The van der Waals surface area contributed by atoms with Crippen molar-refractivity contribution in [3.05, 3.63) is 11.6 Å². The van der Waals surface area contributed by atoms with E-state index in [9.17, 15) is 4.79 Å². The van der Waals surface area contributed by atoms with Gasteiger partial charge in [0, 0.05) is 19.1 Å². The van der Waals surface area contributed by atoms with Crippen molar-refractivity contribution in [1.29, 1.82) is 0 Å². The fourth-order valence-electron chi connectivity index (χ4n) is 3.35. The zero-order valence-electron chi connectivity index (χ0n) is 12.8. The van der Waals surface area contributed by atoms with Crippen LogP contribution in [0.4, 0.5) is 0 Å². The smallest absolute Gasteiger partial charge is 0.230 e. The summed E-state index contributed by atoms with van der Waals surface area (Å²) < 4.78 is 0. The number of nitrogens with zero attached hydrogens (tertiary/aromatic N) is 1. The molecule has 0 aromatic rings. The second-order valence-electron chi connectivity index (χ2n) is 7.40. The highest BCUT2D eigenvalue weighted by atomic mass is 16.2. The molecule has 0 radical (unpaired) electrons. The lowest BCUT2D eigenvalue weighted by Gasteiger charge is -2.38. The molecule has 2 unspecified atom stereocenters. The summed E-state index contributed by atoms with van der Waals surface area (Å²) >= 11 is 0.